The van der Waals surface area contributed by atoms with E-state index in [2.05, 4.69) is 5.32 Å². The van der Waals surface area contributed by atoms with Crippen LogP contribution in [0.1, 0.15) is 34.1 Å². The number of carbonyl (C=O) groups is 2. The van der Waals surface area contributed by atoms with E-state index in [-0.39, 0.29) is 22.9 Å². The first-order chi connectivity index (χ1) is 14.8. The zero-order valence-corrected chi connectivity index (χ0v) is 17.6. The number of esters is 1. The van der Waals surface area contributed by atoms with E-state index in [0.29, 0.717) is 22.0 Å². The second-order valence-electron chi connectivity index (χ2n) is 6.62. The first-order valence-electron chi connectivity index (χ1n) is 9.19. The Morgan fingerprint density at radius 1 is 1.19 bits per heavy atom. The molecule has 0 saturated heterocycles. The Bertz CT molecular complexity index is 1220. The molecule has 0 unspecified atom stereocenters. The summed E-state index contributed by atoms with van der Waals surface area (Å²) in [5, 5.41) is 12.7. The quantitative estimate of drug-likeness (QED) is 0.453. The molecule has 0 aliphatic heterocycles. The molecule has 31 heavy (non-hydrogen) atoms. The molecule has 8 heteroatoms. The summed E-state index contributed by atoms with van der Waals surface area (Å²) in [5.74, 6) is -0.926. The van der Waals surface area contributed by atoms with Gasteiger partial charge in [0, 0.05) is 23.8 Å². The maximum absolute atomic E-state index is 12.4. The lowest BCUT2D eigenvalue weighted by Crippen LogP contribution is -2.12. The van der Waals surface area contributed by atoms with Gasteiger partial charge in [-0.15, -0.1) is 0 Å². The largest absolute Gasteiger partial charge is 0.464 e. The number of nitrogens with zero attached hydrogens (tertiary/aromatic N) is 2. The average molecular weight is 435 g/mol. The van der Waals surface area contributed by atoms with Gasteiger partial charge in [-0.1, -0.05) is 42.0 Å². The van der Waals surface area contributed by atoms with Gasteiger partial charge in [-0.3, -0.25) is 4.79 Å². The van der Waals surface area contributed by atoms with Gasteiger partial charge in [0.25, 0.3) is 0 Å². The normalized spacial score (nSPS) is 10.6. The van der Waals surface area contributed by atoms with E-state index in [1.165, 1.54) is 24.8 Å². The van der Waals surface area contributed by atoms with Crippen molar-refractivity contribution in [3.05, 3.63) is 76.1 Å². The van der Waals surface area contributed by atoms with Gasteiger partial charge in [-0.2, -0.15) is 5.26 Å². The number of benzene rings is 2. The lowest BCUT2D eigenvalue weighted by Gasteiger charge is -2.14. The van der Waals surface area contributed by atoms with Gasteiger partial charge in [0.15, 0.2) is 5.69 Å². The van der Waals surface area contributed by atoms with Crippen LogP contribution in [0, 0.1) is 11.3 Å². The molecule has 0 atom stereocenters. The molecular formula is C23H19ClN4O3. The fourth-order valence-corrected chi connectivity index (χ4v) is 3.16. The minimum absolute atomic E-state index is 0.0203. The zero-order chi connectivity index (χ0) is 22.5. The number of nitrogen functional groups attached to an aromatic ring is 1. The maximum Gasteiger partial charge on any atom is 0.357 e. The van der Waals surface area contributed by atoms with E-state index in [4.69, 9.17) is 22.1 Å². The van der Waals surface area contributed by atoms with Crippen molar-refractivity contribution in [2.24, 2.45) is 0 Å². The summed E-state index contributed by atoms with van der Waals surface area (Å²) in [4.78, 5) is 23.9. The molecule has 0 aliphatic rings. The topological polar surface area (TPSA) is 110 Å². The summed E-state index contributed by atoms with van der Waals surface area (Å²) in [6.45, 7) is 1.40. The molecule has 1 amide bonds. The van der Waals surface area contributed by atoms with Gasteiger partial charge in [-0.05, 0) is 35.4 Å². The van der Waals surface area contributed by atoms with Gasteiger partial charge in [-0.25, -0.2) is 4.79 Å². The summed E-state index contributed by atoms with van der Waals surface area (Å²) in [7, 11) is 1.24. The highest BCUT2D eigenvalue weighted by atomic mass is 35.5. The number of hydrogen-bond donors (Lipinski definition) is 2. The van der Waals surface area contributed by atoms with Gasteiger partial charge in [0.2, 0.25) is 5.91 Å². The highest BCUT2D eigenvalue weighted by Gasteiger charge is 2.23. The standard InChI is InChI=1S/C23H19ClN4O3/c1-14(29)27-19-10-7-16(6-3-15-4-8-18(24)9-5-15)20(11-19)28-13-17(12-25)21(26)22(28)23(30)31-2/h3-11,13H,26H2,1-2H3,(H,27,29). The SMILES string of the molecule is COC(=O)c1c(N)c(C#N)cn1-c1cc(NC(C)=O)ccc1C=Cc1ccc(Cl)cc1. The second kappa shape index (κ2) is 9.20. The van der Waals surface area contributed by atoms with Crippen LogP contribution in [0.25, 0.3) is 17.8 Å². The molecule has 0 aliphatic carbocycles. The molecule has 3 aromatic rings. The first kappa shape index (κ1) is 21.7. The van der Waals surface area contributed by atoms with Crippen LogP contribution in [0.5, 0.6) is 0 Å². The molecule has 0 radical (unpaired) electrons. The van der Waals surface area contributed by atoms with E-state index in [9.17, 15) is 14.9 Å². The number of nitrogens with one attached hydrogen (secondary N) is 1. The predicted octanol–water partition coefficient (Wildman–Crippen LogP) is 4.50. The highest BCUT2D eigenvalue weighted by Crippen LogP contribution is 2.29. The molecule has 2 aromatic carbocycles. The number of methoxy groups -OCH3 is 1. The summed E-state index contributed by atoms with van der Waals surface area (Å²) in [6.07, 6.45) is 5.19. The number of aromatic nitrogens is 1. The van der Waals surface area contributed by atoms with Gasteiger partial charge in [0.1, 0.15) is 6.07 Å². The summed E-state index contributed by atoms with van der Waals surface area (Å²) in [6, 6.07) is 14.5. The van der Waals surface area contributed by atoms with Crippen molar-refractivity contribution in [3.63, 3.8) is 0 Å². The second-order valence-corrected chi connectivity index (χ2v) is 7.05. The van der Waals surface area contributed by atoms with Crippen molar-refractivity contribution >= 4 is 47.0 Å². The molecule has 0 fully saturated rings. The summed E-state index contributed by atoms with van der Waals surface area (Å²) in [5.41, 5.74) is 8.90. The summed E-state index contributed by atoms with van der Waals surface area (Å²) < 4.78 is 6.36. The molecule has 3 rings (SSSR count). The number of ether oxygens (including phenoxy) is 1. The number of rotatable bonds is 5. The molecule has 1 heterocycles. The number of halogens is 1. The van der Waals surface area contributed by atoms with Crippen LogP contribution in [0.15, 0.2) is 48.7 Å². The van der Waals surface area contributed by atoms with Crippen LogP contribution in [0.2, 0.25) is 5.02 Å². The Labute approximate surface area is 184 Å². The fourth-order valence-electron chi connectivity index (χ4n) is 3.04. The maximum atomic E-state index is 12.4. The van der Waals surface area contributed by atoms with Crippen molar-refractivity contribution in [2.75, 3.05) is 18.2 Å². The third-order valence-corrected chi connectivity index (χ3v) is 4.73. The van der Waals surface area contributed by atoms with Crippen molar-refractivity contribution in [3.8, 4) is 11.8 Å². The van der Waals surface area contributed by atoms with E-state index in [0.717, 1.165) is 5.56 Å². The Balaban J connectivity index is 2.19. The van der Waals surface area contributed by atoms with Crippen LogP contribution in [-0.2, 0) is 9.53 Å². The van der Waals surface area contributed by atoms with Gasteiger partial charge < -0.3 is 20.4 Å². The molecule has 7 nitrogen and oxygen atoms in total. The Hall–Kier alpha value is -4.02. The highest BCUT2D eigenvalue weighted by molar-refractivity contribution is 6.30. The van der Waals surface area contributed by atoms with Gasteiger partial charge in [0.05, 0.1) is 24.0 Å². The predicted molar refractivity (Wildman–Crippen MR) is 121 cm³/mol. The first-order valence-corrected chi connectivity index (χ1v) is 9.56. The molecule has 156 valence electrons. The summed E-state index contributed by atoms with van der Waals surface area (Å²) >= 11 is 5.94. The Kier molecular flexibility index (Phi) is 6.43. The number of nitrogens with two attached hydrogens (primary N) is 1. The van der Waals surface area contributed by atoms with Crippen molar-refractivity contribution in [2.45, 2.75) is 6.92 Å². The van der Waals surface area contributed by atoms with Crippen LogP contribution in [-0.4, -0.2) is 23.6 Å². The zero-order valence-electron chi connectivity index (χ0n) is 16.8. The van der Waals surface area contributed by atoms with Crippen molar-refractivity contribution in [1.29, 1.82) is 5.26 Å². The Morgan fingerprint density at radius 3 is 2.52 bits per heavy atom. The van der Waals surface area contributed by atoms with Crippen LogP contribution in [0.3, 0.4) is 0 Å². The fraction of sp³-hybridized carbons (Fsp3) is 0.0870. The lowest BCUT2D eigenvalue weighted by atomic mass is 10.1. The molecular weight excluding hydrogens is 416 g/mol. The smallest absolute Gasteiger partial charge is 0.357 e. The monoisotopic (exact) mass is 434 g/mol. The number of carbonyl (C=O) groups excluding carboxylic acids is 2. The van der Waals surface area contributed by atoms with Crippen molar-refractivity contribution < 1.29 is 14.3 Å². The van der Waals surface area contributed by atoms with E-state index >= 15 is 0 Å². The minimum atomic E-state index is -0.684. The average Bonchev–Trinajstić information content (AvgIpc) is 3.09. The van der Waals surface area contributed by atoms with Gasteiger partial charge >= 0.3 is 5.97 Å². The van der Waals surface area contributed by atoms with E-state index in [1.807, 2.05) is 30.4 Å². The van der Waals surface area contributed by atoms with Crippen LogP contribution >= 0.6 is 11.6 Å². The van der Waals surface area contributed by atoms with E-state index in [1.54, 1.807) is 30.3 Å². The van der Waals surface area contributed by atoms with Crippen LogP contribution in [0.4, 0.5) is 11.4 Å². The lowest BCUT2D eigenvalue weighted by molar-refractivity contribution is -0.114. The van der Waals surface area contributed by atoms with Crippen LogP contribution < -0.4 is 11.1 Å². The number of nitriles is 1. The third kappa shape index (κ3) is 4.77. The molecule has 0 saturated carbocycles. The molecule has 0 bridgehead atoms. The molecule has 3 N–H and O–H groups in total. The minimum Gasteiger partial charge on any atom is -0.464 e. The Morgan fingerprint density at radius 2 is 1.90 bits per heavy atom. The number of hydrogen-bond acceptors (Lipinski definition) is 5. The third-order valence-electron chi connectivity index (χ3n) is 4.48. The molecule has 1 aromatic heterocycles. The number of anilines is 2. The van der Waals surface area contributed by atoms with E-state index < -0.39 is 5.97 Å². The van der Waals surface area contributed by atoms with Crippen molar-refractivity contribution in [1.82, 2.24) is 4.57 Å². The molecule has 0 spiro atoms. The number of amides is 1.